The van der Waals surface area contributed by atoms with Crippen molar-refractivity contribution in [2.24, 2.45) is 5.41 Å². The van der Waals surface area contributed by atoms with Crippen molar-refractivity contribution < 1.29 is 22.6 Å². The predicted octanol–water partition coefficient (Wildman–Crippen LogP) is 5.15. The predicted molar refractivity (Wildman–Crippen MR) is 74.8 cm³/mol. The van der Waals surface area contributed by atoms with E-state index in [-0.39, 0.29) is 22.6 Å². The van der Waals surface area contributed by atoms with Crippen LogP contribution in [-0.2, 0) is 0 Å². The number of hydrogen-bond acceptors (Lipinski definition) is 2. The van der Waals surface area contributed by atoms with Gasteiger partial charge in [-0.2, -0.15) is 0 Å². The van der Waals surface area contributed by atoms with E-state index in [9.17, 15) is 13.2 Å². The summed E-state index contributed by atoms with van der Waals surface area (Å²) in [6, 6.07) is 5.47. The number of halogens is 4. The normalized spacial score (nSPS) is 24.3. The molecule has 0 bridgehead atoms. The van der Waals surface area contributed by atoms with Gasteiger partial charge in [0.2, 0.25) is 0 Å². The van der Waals surface area contributed by atoms with Crippen molar-refractivity contribution in [2.45, 2.75) is 51.0 Å². The van der Waals surface area contributed by atoms with Crippen LogP contribution in [-0.4, -0.2) is 17.8 Å². The third-order valence-electron chi connectivity index (χ3n) is 4.34. The highest BCUT2D eigenvalue weighted by Gasteiger charge is 2.53. The van der Waals surface area contributed by atoms with Gasteiger partial charge in [0.1, 0.15) is 17.6 Å². The summed E-state index contributed by atoms with van der Waals surface area (Å²) in [5, 5.41) is 0.0883. The topological polar surface area (TPSA) is 18.5 Å². The Bertz CT molecular complexity index is 469. The number of rotatable bonds is 5. The molecular weight excluding hydrogens is 305 g/mol. The van der Waals surface area contributed by atoms with Gasteiger partial charge in [-0.3, -0.25) is 0 Å². The number of benzene rings is 1. The van der Waals surface area contributed by atoms with Crippen molar-refractivity contribution in [2.75, 3.05) is 0 Å². The van der Waals surface area contributed by atoms with Crippen LogP contribution >= 0.6 is 11.6 Å². The van der Waals surface area contributed by atoms with Crippen LogP contribution in [0.3, 0.4) is 0 Å². The lowest BCUT2D eigenvalue weighted by Crippen LogP contribution is -2.56. The quantitative estimate of drug-likeness (QED) is 0.698. The Morgan fingerprint density at radius 3 is 2.10 bits per heavy atom. The highest BCUT2D eigenvalue weighted by molar-refractivity contribution is 6.21. The summed E-state index contributed by atoms with van der Waals surface area (Å²) in [5.41, 5.74) is -0.0529. The second-order valence-electron chi connectivity index (χ2n) is 5.27. The van der Waals surface area contributed by atoms with Crippen molar-refractivity contribution in [1.29, 1.82) is 0 Å². The minimum atomic E-state index is -4.68. The van der Waals surface area contributed by atoms with E-state index in [1.165, 1.54) is 24.3 Å². The second kappa shape index (κ2) is 5.95. The Morgan fingerprint density at radius 1 is 1.14 bits per heavy atom. The summed E-state index contributed by atoms with van der Waals surface area (Å²) in [6.07, 6.45) is -2.09. The summed E-state index contributed by atoms with van der Waals surface area (Å²) in [5.74, 6) is 0.278. The van der Waals surface area contributed by atoms with Crippen LogP contribution in [0.1, 0.15) is 33.1 Å². The molecule has 1 aliphatic rings. The van der Waals surface area contributed by atoms with E-state index in [0.29, 0.717) is 5.75 Å². The first-order valence-electron chi connectivity index (χ1n) is 6.97. The molecule has 2 rings (SSSR count). The van der Waals surface area contributed by atoms with Crippen LogP contribution in [0.4, 0.5) is 13.2 Å². The maximum Gasteiger partial charge on any atom is 0.573 e. The van der Waals surface area contributed by atoms with Gasteiger partial charge in [0, 0.05) is 17.2 Å². The summed E-state index contributed by atoms with van der Waals surface area (Å²) in [4.78, 5) is 0. The van der Waals surface area contributed by atoms with Crippen LogP contribution in [0.2, 0.25) is 0 Å². The molecule has 1 saturated carbocycles. The van der Waals surface area contributed by atoms with Gasteiger partial charge < -0.3 is 9.47 Å². The minimum absolute atomic E-state index is 0.00406. The van der Waals surface area contributed by atoms with Crippen molar-refractivity contribution in [1.82, 2.24) is 0 Å². The van der Waals surface area contributed by atoms with Crippen LogP contribution < -0.4 is 9.47 Å². The van der Waals surface area contributed by atoms with Crippen molar-refractivity contribution in [3.8, 4) is 11.5 Å². The van der Waals surface area contributed by atoms with Gasteiger partial charge in [-0.25, -0.2) is 0 Å². The lowest BCUT2D eigenvalue weighted by molar-refractivity contribution is -0.274. The molecule has 0 radical (unpaired) electrons. The third kappa shape index (κ3) is 3.39. The molecule has 2 atom stereocenters. The van der Waals surface area contributed by atoms with Crippen LogP contribution in [0.15, 0.2) is 24.3 Å². The highest BCUT2D eigenvalue weighted by Crippen LogP contribution is 2.51. The number of hydrogen-bond donors (Lipinski definition) is 0. The highest BCUT2D eigenvalue weighted by atomic mass is 35.5. The Hall–Kier alpha value is -1.10. The Morgan fingerprint density at radius 2 is 1.67 bits per heavy atom. The molecule has 0 heterocycles. The molecule has 1 aromatic carbocycles. The maximum atomic E-state index is 12.1. The van der Waals surface area contributed by atoms with Gasteiger partial charge in [0.25, 0.3) is 0 Å². The zero-order valence-corrected chi connectivity index (χ0v) is 12.7. The first kappa shape index (κ1) is 16.3. The van der Waals surface area contributed by atoms with Gasteiger partial charge in [0.15, 0.2) is 0 Å². The molecule has 0 N–H and O–H groups in total. The fourth-order valence-electron chi connectivity index (χ4n) is 2.90. The maximum absolute atomic E-state index is 12.1. The Labute approximate surface area is 127 Å². The van der Waals surface area contributed by atoms with E-state index in [2.05, 4.69) is 18.6 Å². The molecule has 118 valence electrons. The Kier molecular flexibility index (Phi) is 4.61. The van der Waals surface area contributed by atoms with Gasteiger partial charge >= 0.3 is 6.36 Å². The van der Waals surface area contributed by atoms with Gasteiger partial charge in [-0.1, -0.05) is 13.8 Å². The van der Waals surface area contributed by atoms with Crippen molar-refractivity contribution >= 4 is 11.6 Å². The largest absolute Gasteiger partial charge is 0.573 e. The summed E-state index contributed by atoms with van der Waals surface area (Å²) >= 11 is 6.31. The molecule has 1 fully saturated rings. The number of alkyl halides is 4. The standard InChI is InChI=1S/C15H18ClF3O2/c1-3-14(4-2)12(16)9-13(14)20-10-5-7-11(8-6-10)21-15(17,18)19/h5-8,12-13H,3-4,9H2,1-2H3. The van der Waals surface area contributed by atoms with Crippen LogP contribution in [0.25, 0.3) is 0 Å². The van der Waals surface area contributed by atoms with Crippen LogP contribution in [0, 0.1) is 5.41 Å². The van der Waals surface area contributed by atoms with E-state index in [4.69, 9.17) is 16.3 Å². The smallest absolute Gasteiger partial charge is 0.490 e. The molecule has 0 saturated heterocycles. The lowest BCUT2D eigenvalue weighted by atomic mass is 9.62. The number of ether oxygens (including phenoxy) is 2. The van der Waals surface area contributed by atoms with E-state index >= 15 is 0 Å². The molecule has 0 aromatic heterocycles. The summed E-state index contributed by atoms with van der Waals surface area (Å²) < 4.78 is 46.0. The molecule has 2 nitrogen and oxygen atoms in total. The first-order chi connectivity index (χ1) is 9.80. The van der Waals surface area contributed by atoms with E-state index in [1.807, 2.05) is 0 Å². The molecule has 1 aliphatic carbocycles. The molecular formula is C15H18ClF3O2. The lowest BCUT2D eigenvalue weighted by Gasteiger charge is -2.52. The molecule has 0 spiro atoms. The van der Waals surface area contributed by atoms with Crippen molar-refractivity contribution in [3.63, 3.8) is 0 Å². The van der Waals surface area contributed by atoms with E-state index in [1.54, 1.807) is 0 Å². The van der Waals surface area contributed by atoms with E-state index in [0.717, 1.165) is 19.3 Å². The Balaban J connectivity index is 2.01. The summed E-state index contributed by atoms with van der Waals surface area (Å²) in [7, 11) is 0. The molecule has 1 aromatic rings. The molecule has 0 aliphatic heterocycles. The monoisotopic (exact) mass is 322 g/mol. The SMILES string of the molecule is CCC1(CC)C(Cl)CC1Oc1ccc(OC(F)(F)F)cc1. The van der Waals surface area contributed by atoms with Crippen LogP contribution in [0.5, 0.6) is 11.5 Å². The third-order valence-corrected chi connectivity index (χ3v) is 4.95. The second-order valence-corrected chi connectivity index (χ2v) is 5.80. The zero-order chi connectivity index (χ0) is 15.7. The van der Waals surface area contributed by atoms with Crippen molar-refractivity contribution in [3.05, 3.63) is 24.3 Å². The fraction of sp³-hybridized carbons (Fsp3) is 0.600. The minimum Gasteiger partial charge on any atom is -0.490 e. The average Bonchev–Trinajstić information content (AvgIpc) is 2.40. The zero-order valence-electron chi connectivity index (χ0n) is 11.9. The summed E-state index contributed by atoms with van der Waals surface area (Å²) in [6.45, 7) is 4.16. The van der Waals surface area contributed by atoms with E-state index < -0.39 is 6.36 Å². The first-order valence-corrected chi connectivity index (χ1v) is 7.41. The average molecular weight is 323 g/mol. The molecule has 21 heavy (non-hydrogen) atoms. The van der Waals surface area contributed by atoms with Gasteiger partial charge in [-0.15, -0.1) is 24.8 Å². The fourth-order valence-corrected chi connectivity index (χ4v) is 3.51. The molecule has 2 unspecified atom stereocenters. The molecule has 6 heteroatoms. The van der Waals surface area contributed by atoms with Gasteiger partial charge in [-0.05, 0) is 37.1 Å². The van der Waals surface area contributed by atoms with Gasteiger partial charge in [0.05, 0.1) is 0 Å². The molecule has 0 amide bonds.